The van der Waals surface area contributed by atoms with Gasteiger partial charge >= 0.3 is 5.97 Å². The summed E-state index contributed by atoms with van der Waals surface area (Å²) in [4.78, 5) is 16.3. The van der Waals surface area contributed by atoms with Crippen molar-refractivity contribution in [3.8, 4) is 23.1 Å². The number of anilines is 1. The Labute approximate surface area is 196 Å². The standard InChI is InChI=1S/C25H19N3O5S/c1-32-25(29)16-33-24-14-23(18-5-3-2-4-6-18)27-22-12-9-19(13-21(22)24)28-34(30,31)20-10-7-17(15-26)8-11-20/h2-14,28H,16H2,1H3. The Balaban J connectivity index is 1.73. The van der Waals surface area contributed by atoms with Crippen LogP contribution >= 0.6 is 0 Å². The summed E-state index contributed by atoms with van der Waals surface area (Å²) in [6.07, 6.45) is 0. The highest BCUT2D eigenvalue weighted by Crippen LogP contribution is 2.32. The van der Waals surface area contributed by atoms with Crippen molar-refractivity contribution >= 4 is 32.6 Å². The van der Waals surface area contributed by atoms with Crippen LogP contribution in [0.1, 0.15) is 5.56 Å². The van der Waals surface area contributed by atoms with Crippen LogP contribution in [-0.2, 0) is 19.6 Å². The Morgan fingerprint density at radius 2 is 1.76 bits per heavy atom. The van der Waals surface area contributed by atoms with Crippen LogP contribution in [0.2, 0.25) is 0 Å². The van der Waals surface area contributed by atoms with Crippen LogP contribution in [0.25, 0.3) is 22.2 Å². The monoisotopic (exact) mass is 473 g/mol. The normalized spacial score (nSPS) is 10.9. The lowest BCUT2D eigenvalue weighted by Gasteiger charge is -2.13. The molecule has 1 N–H and O–H groups in total. The van der Waals surface area contributed by atoms with Crippen molar-refractivity contribution in [1.82, 2.24) is 4.98 Å². The number of rotatable bonds is 7. The lowest BCUT2D eigenvalue weighted by Crippen LogP contribution is -2.14. The molecular formula is C25H19N3O5S. The van der Waals surface area contributed by atoms with Gasteiger partial charge in [-0.15, -0.1) is 0 Å². The average Bonchev–Trinajstić information content (AvgIpc) is 2.87. The van der Waals surface area contributed by atoms with Crippen LogP contribution in [0.5, 0.6) is 5.75 Å². The van der Waals surface area contributed by atoms with E-state index < -0.39 is 16.0 Å². The van der Waals surface area contributed by atoms with Gasteiger partial charge in [0, 0.05) is 22.7 Å². The number of nitrogens with zero attached hydrogens (tertiary/aromatic N) is 2. The van der Waals surface area contributed by atoms with Crippen molar-refractivity contribution in [1.29, 1.82) is 5.26 Å². The molecular weight excluding hydrogens is 454 g/mol. The summed E-state index contributed by atoms with van der Waals surface area (Å²) in [5.41, 5.74) is 2.70. The third kappa shape index (κ3) is 4.98. The fourth-order valence-corrected chi connectivity index (χ4v) is 4.30. The largest absolute Gasteiger partial charge is 0.481 e. The predicted octanol–water partition coefficient (Wildman–Crippen LogP) is 4.13. The summed E-state index contributed by atoms with van der Waals surface area (Å²) in [5.74, 6) is -0.197. The summed E-state index contributed by atoms with van der Waals surface area (Å²) in [7, 11) is -2.63. The number of pyridine rings is 1. The molecule has 0 atom stereocenters. The Kier molecular flexibility index (Phi) is 6.43. The van der Waals surface area contributed by atoms with E-state index in [2.05, 4.69) is 14.4 Å². The number of methoxy groups -OCH3 is 1. The third-order valence-electron chi connectivity index (χ3n) is 4.96. The fourth-order valence-electron chi connectivity index (χ4n) is 3.25. The minimum atomic E-state index is -3.90. The zero-order valence-corrected chi connectivity index (χ0v) is 18.9. The van der Waals surface area contributed by atoms with E-state index in [1.807, 2.05) is 36.4 Å². The van der Waals surface area contributed by atoms with Crippen molar-refractivity contribution in [3.63, 3.8) is 0 Å². The molecule has 0 unspecified atom stereocenters. The van der Waals surface area contributed by atoms with Gasteiger partial charge in [-0.3, -0.25) is 4.72 Å². The smallest absolute Gasteiger partial charge is 0.343 e. The summed E-state index contributed by atoms with van der Waals surface area (Å²) < 4.78 is 38.5. The first-order chi connectivity index (χ1) is 16.4. The molecule has 0 aliphatic heterocycles. The highest BCUT2D eigenvalue weighted by molar-refractivity contribution is 7.92. The topological polar surface area (TPSA) is 118 Å². The number of hydrogen-bond donors (Lipinski definition) is 1. The number of hydrogen-bond acceptors (Lipinski definition) is 7. The van der Waals surface area contributed by atoms with Gasteiger partial charge in [-0.05, 0) is 42.5 Å². The zero-order chi connectivity index (χ0) is 24.1. The number of sulfonamides is 1. The van der Waals surface area contributed by atoms with E-state index in [0.29, 0.717) is 27.9 Å². The second-order valence-corrected chi connectivity index (χ2v) is 8.89. The minimum Gasteiger partial charge on any atom is -0.481 e. The number of esters is 1. The molecule has 9 heteroatoms. The van der Waals surface area contributed by atoms with Crippen molar-refractivity contribution in [2.75, 3.05) is 18.4 Å². The van der Waals surface area contributed by atoms with Gasteiger partial charge in [0.25, 0.3) is 10.0 Å². The van der Waals surface area contributed by atoms with Gasteiger partial charge in [-0.2, -0.15) is 5.26 Å². The maximum absolute atomic E-state index is 12.8. The Bertz CT molecular complexity index is 1500. The van der Waals surface area contributed by atoms with Gasteiger partial charge in [0.05, 0.1) is 34.8 Å². The molecule has 8 nitrogen and oxygen atoms in total. The summed E-state index contributed by atoms with van der Waals surface area (Å²) in [5, 5.41) is 9.43. The third-order valence-corrected chi connectivity index (χ3v) is 6.36. The van der Waals surface area contributed by atoms with Crippen molar-refractivity contribution < 1.29 is 22.7 Å². The second-order valence-electron chi connectivity index (χ2n) is 7.21. The molecule has 1 aromatic heterocycles. The van der Waals surface area contributed by atoms with Crippen LogP contribution in [0.4, 0.5) is 5.69 Å². The zero-order valence-electron chi connectivity index (χ0n) is 18.1. The first-order valence-corrected chi connectivity index (χ1v) is 11.6. The first kappa shape index (κ1) is 22.8. The molecule has 0 amide bonds. The van der Waals surface area contributed by atoms with Gasteiger partial charge < -0.3 is 9.47 Å². The first-order valence-electron chi connectivity index (χ1n) is 10.1. The average molecular weight is 474 g/mol. The minimum absolute atomic E-state index is 0.0197. The highest BCUT2D eigenvalue weighted by atomic mass is 32.2. The molecule has 4 aromatic rings. The number of fused-ring (bicyclic) bond motifs is 1. The van der Waals surface area contributed by atoms with Crippen LogP contribution in [-0.4, -0.2) is 33.1 Å². The summed E-state index contributed by atoms with van der Waals surface area (Å²) in [6, 6.07) is 23.6. The Morgan fingerprint density at radius 3 is 2.44 bits per heavy atom. The van der Waals surface area contributed by atoms with Crippen LogP contribution in [0, 0.1) is 11.3 Å². The van der Waals surface area contributed by atoms with E-state index in [-0.39, 0.29) is 17.2 Å². The molecule has 34 heavy (non-hydrogen) atoms. The maximum Gasteiger partial charge on any atom is 0.343 e. The molecule has 4 rings (SSSR count). The fraction of sp³-hybridized carbons (Fsp3) is 0.0800. The molecule has 0 bridgehead atoms. The van der Waals surface area contributed by atoms with Gasteiger partial charge in [0.15, 0.2) is 6.61 Å². The predicted molar refractivity (Wildman–Crippen MR) is 127 cm³/mol. The van der Waals surface area contributed by atoms with Crippen LogP contribution < -0.4 is 9.46 Å². The summed E-state index contributed by atoms with van der Waals surface area (Å²) >= 11 is 0. The van der Waals surface area contributed by atoms with Gasteiger partial charge in [0.1, 0.15) is 5.75 Å². The van der Waals surface area contributed by atoms with E-state index in [1.54, 1.807) is 24.3 Å². The SMILES string of the molecule is COC(=O)COc1cc(-c2ccccc2)nc2ccc(NS(=O)(=O)c3ccc(C#N)cc3)cc12. The van der Waals surface area contributed by atoms with Gasteiger partial charge in [0.2, 0.25) is 0 Å². The number of carbonyl (C=O) groups excluding carboxylic acids is 1. The van der Waals surface area contributed by atoms with E-state index in [1.165, 1.54) is 31.4 Å². The molecule has 0 spiro atoms. The van der Waals surface area contributed by atoms with E-state index in [4.69, 9.17) is 10.00 Å². The van der Waals surface area contributed by atoms with E-state index >= 15 is 0 Å². The Hall–Kier alpha value is -4.42. The molecule has 1 heterocycles. The van der Waals surface area contributed by atoms with Gasteiger partial charge in [-0.1, -0.05) is 30.3 Å². The van der Waals surface area contributed by atoms with E-state index in [9.17, 15) is 13.2 Å². The maximum atomic E-state index is 12.8. The molecule has 0 radical (unpaired) electrons. The number of benzene rings is 3. The second kappa shape index (κ2) is 9.60. The van der Waals surface area contributed by atoms with E-state index in [0.717, 1.165) is 5.56 Å². The highest BCUT2D eigenvalue weighted by Gasteiger charge is 2.16. The van der Waals surface area contributed by atoms with Gasteiger partial charge in [-0.25, -0.2) is 18.2 Å². The summed E-state index contributed by atoms with van der Waals surface area (Å²) in [6.45, 7) is -0.314. The lowest BCUT2D eigenvalue weighted by atomic mass is 10.1. The lowest BCUT2D eigenvalue weighted by molar-refractivity contribution is -0.142. The van der Waals surface area contributed by atoms with Crippen molar-refractivity contribution in [3.05, 3.63) is 84.4 Å². The number of nitriles is 1. The number of ether oxygens (including phenoxy) is 2. The van der Waals surface area contributed by atoms with Crippen LogP contribution in [0.3, 0.4) is 0 Å². The number of aromatic nitrogens is 1. The quantitative estimate of drug-likeness (QED) is 0.401. The number of nitrogens with one attached hydrogen (secondary N) is 1. The molecule has 0 aliphatic rings. The van der Waals surface area contributed by atoms with Crippen molar-refractivity contribution in [2.45, 2.75) is 4.90 Å². The molecule has 0 aliphatic carbocycles. The molecule has 0 fully saturated rings. The molecule has 3 aromatic carbocycles. The van der Waals surface area contributed by atoms with Crippen molar-refractivity contribution in [2.24, 2.45) is 0 Å². The molecule has 170 valence electrons. The van der Waals surface area contributed by atoms with Crippen LogP contribution in [0.15, 0.2) is 83.8 Å². The number of carbonyl (C=O) groups is 1. The Morgan fingerprint density at radius 1 is 1.03 bits per heavy atom. The molecule has 0 saturated heterocycles. The molecule has 0 saturated carbocycles.